The molecule has 0 saturated heterocycles. The number of rotatable bonds is 4. The van der Waals surface area contributed by atoms with Crippen molar-refractivity contribution in [2.24, 2.45) is 0 Å². The molecule has 1 saturated carbocycles. The van der Waals surface area contributed by atoms with Crippen LogP contribution in [0.2, 0.25) is 0 Å². The molecule has 8 nitrogen and oxygen atoms in total. The van der Waals surface area contributed by atoms with Gasteiger partial charge >= 0.3 is 0 Å². The summed E-state index contributed by atoms with van der Waals surface area (Å²) in [4.78, 5) is 28.7. The van der Waals surface area contributed by atoms with Gasteiger partial charge in [0.2, 0.25) is 0 Å². The molecule has 3 aromatic rings. The zero-order valence-electron chi connectivity index (χ0n) is 15.5. The molecule has 1 amide bonds. The van der Waals surface area contributed by atoms with Crippen LogP contribution in [0, 0.1) is 6.92 Å². The summed E-state index contributed by atoms with van der Waals surface area (Å²) in [5.41, 5.74) is 2.03. The second-order valence-corrected chi connectivity index (χ2v) is 7.01. The Bertz CT molecular complexity index is 1020. The van der Waals surface area contributed by atoms with E-state index < -0.39 is 0 Å². The highest BCUT2D eigenvalue weighted by Gasteiger charge is 2.26. The van der Waals surface area contributed by atoms with Gasteiger partial charge in [0.1, 0.15) is 11.3 Å². The minimum Gasteiger partial charge on any atom is -0.361 e. The molecule has 0 radical (unpaired) electrons. The second-order valence-electron chi connectivity index (χ2n) is 7.01. The van der Waals surface area contributed by atoms with Crippen molar-refractivity contribution in [3.8, 4) is 11.3 Å². The summed E-state index contributed by atoms with van der Waals surface area (Å²) >= 11 is 0. The van der Waals surface area contributed by atoms with Crippen molar-refractivity contribution in [3.63, 3.8) is 0 Å². The Morgan fingerprint density at radius 1 is 1.14 bits per heavy atom. The van der Waals surface area contributed by atoms with Gasteiger partial charge in [0.15, 0.2) is 0 Å². The predicted molar refractivity (Wildman–Crippen MR) is 102 cm³/mol. The van der Waals surface area contributed by atoms with Crippen molar-refractivity contribution < 1.29 is 9.32 Å². The van der Waals surface area contributed by atoms with E-state index in [1.54, 1.807) is 36.1 Å². The molecule has 8 heteroatoms. The zero-order valence-corrected chi connectivity index (χ0v) is 15.5. The quantitative estimate of drug-likeness (QED) is 0.747. The van der Waals surface area contributed by atoms with Crippen LogP contribution in [0.4, 0.5) is 0 Å². The summed E-state index contributed by atoms with van der Waals surface area (Å²) in [6, 6.07) is 7.14. The Morgan fingerprint density at radius 2 is 1.89 bits per heavy atom. The van der Waals surface area contributed by atoms with Crippen LogP contribution in [0.3, 0.4) is 0 Å². The first kappa shape index (κ1) is 18.1. The Labute approximate surface area is 161 Å². The molecule has 0 aromatic carbocycles. The summed E-state index contributed by atoms with van der Waals surface area (Å²) in [6.07, 6.45) is 7.97. The summed E-state index contributed by atoms with van der Waals surface area (Å²) in [5, 5.41) is 11.2. The molecular weight excluding hydrogens is 358 g/mol. The Balaban J connectivity index is 1.43. The number of pyridine rings is 1. The topological polar surface area (TPSA) is 103 Å². The third-order valence-electron chi connectivity index (χ3n) is 5.17. The van der Waals surface area contributed by atoms with E-state index in [0.717, 1.165) is 36.9 Å². The summed E-state index contributed by atoms with van der Waals surface area (Å²) in [6.45, 7) is 1.71. The van der Waals surface area contributed by atoms with Crippen LogP contribution >= 0.6 is 0 Å². The lowest BCUT2D eigenvalue weighted by molar-refractivity contribution is 0.0920. The molecule has 0 spiro atoms. The van der Waals surface area contributed by atoms with E-state index in [2.05, 4.69) is 20.6 Å². The molecule has 0 unspecified atom stereocenters. The SMILES string of the molecule is Cc1oncc1C(=O)NC1CCC(n2nc(-c3ccncc3)ccc2=O)CC1. The van der Waals surface area contributed by atoms with Gasteiger partial charge < -0.3 is 9.84 Å². The predicted octanol–water partition coefficient (Wildman–Crippen LogP) is 2.52. The Hall–Kier alpha value is -3.29. The average molecular weight is 379 g/mol. The van der Waals surface area contributed by atoms with Crippen molar-refractivity contribution in [1.82, 2.24) is 25.2 Å². The molecule has 0 aliphatic heterocycles. The van der Waals surface area contributed by atoms with E-state index in [-0.39, 0.29) is 23.6 Å². The first-order valence-corrected chi connectivity index (χ1v) is 9.34. The van der Waals surface area contributed by atoms with Crippen molar-refractivity contribution in [3.05, 3.63) is 64.5 Å². The zero-order chi connectivity index (χ0) is 19.5. The molecule has 0 atom stereocenters. The molecule has 144 valence electrons. The maximum Gasteiger partial charge on any atom is 0.267 e. The fourth-order valence-corrected chi connectivity index (χ4v) is 3.61. The average Bonchev–Trinajstić information content (AvgIpc) is 3.16. The number of nitrogens with zero attached hydrogens (tertiary/aromatic N) is 4. The van der Waals surface area contributed by atoms with Gasteiger partial charge in [0.05, 0.1) is 17.9 Å². The summed E-state index contributed by atoms with van der Waals surface area (Å²) in [5.74, 6) is 0.340. The van der Waals surface area contributed by atoms with Crippen LogP contribution in [0.25, 0.3) is 11.3 Å². The van der Waals surface area contributed by atoms with E-state index in [1.807, 2.05) is 12.1 Å². The number of nitrogens with one attached hydrogen (secondary N) is 1. The highest BCUT2D eigenvalue weighted by Crippen LogP contribution is 2.28. The molecule has 3 heterocycles. The standard InChI is InChI=1S/C20H21N5O3/c1-13-17(12-22-28-13)20(27)23-15-2-4-16(5-3-15)25-19(26)7-6-18(24-25)14-8-10-21-11-9-14/h6-12,15-16H,2-5H2,1H3,(H,23,27). The van der Waals surface area contributed by atoms with E-state index >= 15 is 0 Å². The maximum absolute atomic E-state index is 12.4. The third kappa shape index (κ3) is 3.71. The van der Waals surface area contributed by atoms with Gasteiger partial charge in [-0.15, -0.1) is 0 Å². The number of aromatic nitrogens is 4. The molecule has 1 aliphatic rings. The Morgan fingerprint density at radius 3 is 2.57 bits per heavy atom. The summed E-state index contributed by atoms with van der Waals surface area (Å²) in [7, 11) is 0. The fraction of sp³-hybridized carbons (Fsp3) is 0.350. The van der Waals surface area contributed by atoms with Crippen LogP contribution < -0.4 is 10.9 Å². The van der Waals surface area contributed by atoms with Crippen molar-refractivity contribution >= 4 is 5.91 Å². The molecular formula is C20H21N5O3. The summed E-state index contributed by atoms with van der Waals surface area (Å²) < 4.78 is 6.53. The minimum atomic E-state index is -0.169. The Kier molecular flexibility index (Phi) is 5.01. The van der Waals surface area contributed by atoms with Crippen LogP contribution in [-0.2, 0) is 0 Å². The lowest BCUT2D eigenvalue weighted by Gasteiger charge is -2.29. The lowest BCUT2D eigenvalue weighted by Crippen LogP contribution is -2.39. The molecule has 1 fully saturated rings. The molecule has 4 rings (SSSR count). The van der Waals surface area contributed by atoms with Crippen LogP contribution in [-0.4, -0.2) is 31.9 Å². The van der Waals surface area contributed by atoms with Crippen molar-refractivity contribution in [1.29, 1.82) is 0 Å². The second kappa shape index (κ2) is 7.75. The van der Waals surface area contributed by atoms with Crippen LogP contribution in [0.5, 0.6) is 0 Å². The highest BCUT2D eigenvalue weighted by atomic mass is 16.5. The number of aryl methyl sites for hydroxylation is 1. The number of hydrogen-bond acceptors (Lipinski definition) is 6. The van der Waals surface area contributed by atoms with E-state index in [4.69, 9.17) is 4.52 Å². The fourth-order valence-electron chi connectivity index (χ4n) is 3.61. The molecule has 28 heavy (non-hydrogen) atoms. The maximum atomic E-state index is 12.4. The smallest absolute Gasteiger partial charge is 0.267 e. The highest BCUT2D eigenvalue weighted by molar-refractivity contribution is 5.94. The van der Waals surface area contributed by atoms with Gasteiger partial charge in [-0.3, -0.25) is 14.6 Å². The third-order valence-corrected chi connectivity index (χ3v) is 5.17. The van der Waals surface area contributed by atoms with Crippen LogP contribution in [0.15, 0.2) is 52.2 Å². The van der Waals surface area contributed by atoms with Gasteiger partial charge in [0.25, 0.3) is 11.5 Å². The van der Waals surface area contributed by atoms with E-state index in [1.165, 1.54) is 6.20 Å². The lowest BCUT2D eigenvalue weighted by atomic mass is 9.91. The number of carbonyl (C=O) groups excluding carboxylic acids is 1. The molecule has 1 aliphatic carbocycles. The monoisotopic (exact) mass is 379 g/mol. The molecule has 1 N–H and O–H groups in total. The molecule has 3 aromatic heterocycles. The number of carbonyl (C=O) groups is 1. The first-order chi connectivity index (χ1) is 13.6. The van der Waals surface area contributed by atoms with Gasteiger partial charge in [0, 0.05) is 30.1 Å². The van der Waals surface area contributed by atoms with E-state index in [9.17, 15) is 9.59 Å². The van der Waals surface area contributed by atoms with E-state index in [0.29, 0.717) is 11.3 Å². The largest absolute Gasteiger partial charge is 0.361 e. The van der Waals surface area contributed by atoms with Crippen molar-refractivity contribution in [2.45, 2.75) is 44.7 Å². The van der Waals surface area contributed by atoms with Gasteiger partial charge in [-0.1, -0.05) is 5.16 Å². The normalized spacial score (nSPS) is 19.3. The van der Waals surface area contributed by atoms with Gasteiger partial charge in [-0.2, -0.15) is 5.10 Å². The van der Waals surface area contributed by atoms with Crippen molar-refractivity contribution in [2.75, 3.05) is 0 Å². The number of amides is 1. The van der Waals surface area contributed by atoms with Crippen LogP contribution in [0.1, 0.15) is 47.8 Å². The van der Waals surface area contributed by atoms with Gasteiger partial charge in [-0.05, 0) is 50.8 Å². The number of hydrogen-bond donors (Lipinski definition) is 1. The van der Waals surface area contributed by atoms with Gasteiger partial charge in [-0.25, -0.2) is 4.68 Å². The minimum absolute atomic E-state index is 0.0276. The molecule has 0 bridgehead atoms. The first-order valence-electron chi connectivity index (χ1n) is 9.34.